The Morgan fingerprint density at radius 1 is 1.32 bits per heavy atom. The summed E-state index contributed by atoms with van der Waals surface area (Å²) >= 11 is 0. The van der Waals surface area contributed by atoms with E-state index in [0.717, 1.165) is 24.6 Å². The van der Waals surface area contributed by atoms with Gasteiger partial charge in [0, 0.05) is 5.56 Å². The number of hydrogen-bond acceptors (Lipinski definition) is 2. The first-order valence-corrected chi connectivity index (χ1v) is 6.97. The molecule has 0 atom stereocenters. The number of aryl methyl sites for hydroxylation is 1. The topological polar surface area (TPSA) is 40.7 Å². The fourth-order valence-electron chi connectivity index (χ4n) is 2.12. The molecule has 2 aromatic rings. The Bertz CT molecular complexity index is 541. The van der Waals surface area contributed by atoms with Crippen molar-refractivity contribution in [3.63, 3.8) is 0 Å². The number of H-pyrrole nitrogens is 1. The van der Waals surface area contributed by atoms with Crippen LogP contribution in [0.25, 0.3) is 11.3 Å². The SMILES string of the molecule is CCNCc1ncc(-c2cc(C(C)C)ccc2C)[nH]1. The molecule has 1 aromatic carbocycles. The van der Waals surface area contributed by atoms with E-state index in [1.807, 2.05) is 6.20 Å². The van der Waals surface area contributed by atoms with Crippen LogP contribution in [-0.2, 0) is 6.54 Å². The summed E-state index contributed by atoms with van der Waals surface area (Å²) in [5, 5.41) is 3.28. The first-order valence-electron chi connectivity index (χ1n) is 6.97. The lowest BCUT2D eigenvalue weighted by Crippen LogP contribution is -2.12. The summed E-state index contributed by atoms with van der Waals surface area (Å²) in [4.78, 5) is 7.83. The van der Waals surface area contributed by atoms with Crippen molar-refractivity contribution >= 4 is 0 Å². The summed E-state index contributed by atoms with van der Waals surface area (Å²) in [5.41, 5.74) is 5.00. The largest absolute Gasteiger partial charge is 0.341 e. The fraction of sp³-hybridized carbons (Fsp3) is 0.438. The van der Waals surface area contributed by atoms with Crippen molar-refractivity contribution in [3.05, 3.63) is 41.3 Å². The van der Waals surface area contributed by atoms with E-state index in [9.17, 15) is 0 Å². The van der Waals surface area contributed by atoms with Crippen LogP contribution in [0, 0.1) is 6.92 Å². The third kappa shape index (κ3) is 3.24. The van der Waals surface area contributed by atoms with Crippen LogP contribution in [0.5, 0.6) is 0 Å². The van der Waals surface area contributed by atoms with Gasteiger partial charge < -0.3 is 10.3 Å². The van der Waals surface area contributed by atoms with Gasteiger partial charge in [0.15, 0.2) is 0 Å². The van der Waals surface area contributed by atoms with Crippen molar-refractivity contribution in [2.24, 2.45) is 0 Å². The molecule has 2 rings (SSSR count). The normalized spacial score (nSPS) is 11.2. The zero-order valence-corrected chi connectivity index (χ0v) is 12.2. The van der Waals surface area contributed by atoms with Crippen molar-refractivity contribution in [3.8, 4) is 11.3 Å². The molecule has 2 N–H and O–H groups in total. The highest BCUT2D eigenvalue weighted by atomic mass is 15.0. The van der Waals surface area contributed by atoms with E-state index in [1.54, 1.807) is 0 Å². The zero-order valence-electron chi connectivity index (χ0n) is 12.2. The van der Waals surface area contributed by atoms with E-state index in [1.165, 1.54) is 16.7 Å². The first-order chi connectivity index (χ1) is 9.11. The van der Waals surface area contributed by atoms with Crippen LogP contribution in [0.1, 0.15) is 43.6 Å². The van der Waals surface area contributed by atoms with Crippen molar-refractivity contribution in [2.75, 3.05) is 6.54 Å². The van der Waals surface area contributed by atoms with Gasteiger partial charge in [-0.05, 0) is 36.6 Å². The van der Waals surface area contributed by atoms with Gasteiger partial charge >= 0.3 is 0 Å². The highest BCUT2D eigenvalue weighted by Crippen LogP contribution is 2.26. The third-order valence-corrected chi connectivity index (χ3v) is 3.39. The van der Waals surface area contributed by atoms with Crippen molar-refractivity contribution < 1.29 is 0 Å². The zero-order chi connectivity index (χ0) is 13.8. The molecule has 0 saturated carbocycles. The summed E-state index contributed by atoms with van der Waals surface area (Å²) < 4.78 is 0. The second kappa shape index (κ2) is 6.02. The molecule has 0 aliphatic carbocycles. The van der Waals surface area contributed by atoms with E-state index < -0.39 is 0 Å². The van der Waals surface area contributed by atoms with Crippen LogP contribution < -0.4 is 5.32 Å². The van der Waals surface area contributed by atoms with E-state index in [0.29, 0.717) is 5.92 Å². The minimum atomic E-state index is 0.545. The molecule has 0 unspecified atom stereocenters. The average Bonchev–Trinajstić information content (AvgIpc) is 2.85. The van der Waals surface area contributed by atoms with Crippen LogP contribution in [0.4, 0.5) is 0 Å². The molecule has 3 heteroatoms. The van der Waals surface area contributed by atoms with Gasteiger partial charge in [0.1, 0.15) is 5.82 Å². The highest BCUT2D eigenvalue weighted by Gasteiger charge is 2.08. The van der Waals surface area contributed by atoms with Crippen LogP contribution in [-0.4, -0.2) is 16.5 Å². The molecule has 0 aliphatic heterocycles. The number of benzene rings is 1. The Hall–Kier alpha value is -1.61. The van der Waals surface area contributed by atoms with Crippen LogP contribution >= 0.6 is 0 Å². The Balaban J connectivity index is 2.30. The minimum absolute atomic E-state index is 0.545. The smallest absolute Gasteiger partial charge is 0.120 e. The standard InChI is InChI=1S/C16H23N3/c1-5-17-10-16-18-9-15(19-16)14-8-13(11(2)3)7-6-12(14)4/h6-9,11,17H,5,10H2,1-4H3,(H,18,19). The van der Waals surface area contributed by atoms with E-state index in [-0.39, 0.29) is 0 Å². The summed E-state index contributed by atoms with van der Waals surface area (Å²) in [5.74, 6) is 1.54. The molecule has 0 aliphatic rings. The Morgan fingerprint density at radius 2 is 2.11 bits per heavy atom. The van der Waals surface area contributed by atoms with Gasteiger partial charge in [-0.1, -0.05) is 32.9 Å². The number of nitrogens with zero attached hydrogens (tertiary/aromatic N) is 1. The minimum Gasteiger partial charge on any atom is -0.341 e. The highest BCUT2D eigenvalue weighted by molar-refractivity contribution is 5.64. The van der Waals surface area contributed by atoms with Crippen LogP contribution in [0.3, 0.4) is 0 Å². The maximum Gasteiger partial charge on any atom is 0.120 e. The van der Waals surface area contributed by atoms with Gasteiger partial charge in [0.25, 0.3) is 0 Å². The van der Waals surface area contributed by atoms with E-state index in [2.05, 4.69) is 61.2 Å². The average molecular weight is 257 g/mol. The van der Waals surface area contributed by atoms with Gasteiger partial charge in [-0.15, -0.1) is 0 Å². The molecule has 102 valence electrons. The number of hydrogen-bond donors (Lipinski definition) is 2. The molecule has 0 spiro atoms. The molecule has 0 fully saturated rings. The molecule has 0 amide bonds. The second-order valence-corrected chi connectivity index (χ2v) is 5.25. The first kappa shape index (κ1) is 13.8. The Kier molecular flexibility index (Phi) is 4.38. The molecule has 1 heterocycles. The van der Waals surface area contributed by atoms with Gasteiger partial charge in [0.05, 0.1) is 18.4 Å². The second-order valence-electron chi connectivity index (χ2n) is 5.25. The molecule has 3 nitrogen and oxygen atoms in total. The molecule has 0 saturated heterocycles. The monoisotopic (exact) mass is 257 g/mol. The fourth-order valence-corrected chi connectivity index (χ4v) is 2.12. The predicted octanol–water partition coefficient (Wildman–Crippen LogP) is 3.62. The lowest BCUT2D eigenvalue weighted by molar-refractivity contribution is 0.698. The molecular weight excluding hydrogens is 234 g/mol. The molecular formula is C16H23N3. The van der Waals surface area contributed by atoms with Crippen molar-refractivity contribution in [1.82, 2.24) is 15.3 Å². The lowest BCUT2D eigenvalue weighted by atomic mass is 9.97. The van der Waals surface area contributed by atoms with Crippen molar-refractivity contribution in [2.45, 2.75) is 40.2 Å². The summed E-state index contributed by atoms with van der Waals surface area (Å²) in [7, 11) is 0. The van der Waals surface area contributed by atoms with Gasteiger partial charge in [0.2, 0.25) is 0 Å². The number of aromatic amines is 1. The van der Waals surface area contributed by atoms with E-state index in [4.69, 9.17) is 0 Å². The number of nitrogens with one attached hydrogen (secondary N) is 2. The molecule has 1 aromatic heterocycles. The molecule has 0 radical (unpaired) electrons. The summed E-state index contributed by atoms with van der Waals surface area (Å²) in [6.07, 6.45) is 1.93. The van der Waals surface area contributed by atoms with Gasteiger partial charge in [-0.3, -0.25) is 0 Å². The number of rotatable bonds is 5. The Morgan fingerprint density at radius 3 is 2.79 bits per heavy atom. The summed E-state index contributed by atoms with van der Waals surface area (Å²) in [6, 6.07) is 6.67. The van der Waals surface area contributed by atoms with Gasteiger partial charge in [-0.25, -0.2) is 4.98 Å². The predicted molar refractivity (Wildman–Crippen MR) is 80.2 cm³/mol. The van der Waals surface area contributed by atoms with E-state index >= 15 is 0 Å². The molecule has 19 heavy (non-hydrogen) atoms. The lowest BCUT2D eigenvalue weighted by Gasteiger charge is -2.10. The maximum atomic E-state index is 4.43. The number of imidazole rings is 1. The van der Waals surface area contributed by atoms with Gasteiger partial charge in [-0.2, -0.15) is 0 Å². The van der Waals surface area contributed by atoms with Crippen molar-refractivity contribution in [1.29, 1.82) is 0 Å². The van der Waals surface area contributed by atoms with Crippen LogP contribution in [0.2, 0.25) is 0 Å². The number of aromatic nitrogens is 2. The quantitative estimate of drug-likeness (QED) is 0.859. The summed E-state index contributed by atoms with van der Waals surface area (Å²) in [6.45, 7) is 10.4. The van der Waals surface area contributed by atoms with Crippen LogP contribution in [0.15, 0.2) is 24.4 Å². The maximum absolute atomic E-state index is 4.43. The molecule has 0 bridgehead atoms. The third-order valence-electron chi connectivity index (χ3n) is 3.39. The Labute approximate surface area is 115 Å².